The van der Waals surface area contributed by atoms with Crippen molar-refractivity contribution in [2.45, 2.75) is 6.61 Å². The standard InChI is InChI=1S/C18H13F3N6O/c1-27-7-10(14(26-27)9-4-2-3-5-11(9)19)15-16-12(23-8-24-15)6-13(17(22)25-16)28-18(20)21/h2-8,18H,1H3,(H2,22,25). The molecule has 10 heteroatoms. The van der Waals surface area contributed by atoms with Crippen molar-refractivity contribution < 1.29 is 17.9 Å². The van der Waals surface area contributed by atoms with Crippen molar-refractivity contribution in [3.8, 4) is 28.3 Å². The average Bonchev–Trinajstić information content (AvgIpc) is 3.03. The van der Waals surface area contributed by atoms with Crippen LogP contribution in [0.1, 0.15) is 0 Å². The Morgan fingerprint density at radius 1 is 1.11 bits per heavy atom. The summed E-state index contributed by atoms with van der Waals surface area (Å²) < 4.78 is 45.3. The largest absolute Gasteiger partial charge is 0.431 e. The first-order valence-corrected chi connectivity index (χ1v) is 8.09. The first-order valence-electron chi connectivity index (χ1n) is 8.09. The minimum Gasteiger partial charge on any atom is -0.431 e. The SMILES string of the molecule is Cn1cc(-c2ncnc3cc(OC(F)F)c(N)nc23)c(-c2ccccc2F)n1. The van der Waals surface area contributed by atoms with Crippen molar-refractivity contribution in [3.63, 3.8) is 0 Å². The average molecular weight is 386 g/mol. The molecule has 0 aliphatic heterocycles. The Hall–Kier alpha value is -3.69. The number of nitrogens with two attached hydrogens (primary N) is 1. The topological polar surface area (TPSA) is 91.7 Å². The highest BCUT2D eigenvalue weighted by molar-refractivity contribution is 5.94. The first kappa shape index (κ1) is 17.7. The fourth-order valence-corrected chi connectivity index (χ4v) is 2.88. The van der Waals surface area contributed by atoms with Crippen LogP contribution in [0.2, 0.25) is 0 Å². The second-order valence-electron chi connectivity index (χ2n) is 5.89. The quantitative estimate of drug-likeness (QED) is 0.578. The Kier molecular flexibility index (Phi) is 4.30. The highest BCUT2D eigenvalue weighted by atomic mass is 19.3. The van der Waals surface area contributed by atoms with Crippen LogP contribution in [0.25, 0.3) is 33.5 Å². The van der Waals surface area contributed by atoms with Crippen molar-refractivity contribution in [2.75, 3.05) is 5.73 Å². The summed E-state index contributed by atoms with van der Waals surface area (Å²) in [7, 11) is 1.69. The smallest absolute Gasteiger partial charge is 0.387 e. The molecule has 7 nitrogen and oxygen atoms in total. The highest BCUT2D eigenvalue weighted by Crippen LogP contribution is 2.35. The van der Waals surface area contributed by atoms with Crippen molar-refractivity contribution in [2.24, 2.45) is 7.05 Å². The molecule has 0 radical (unpaired) electrons. The molecule has 3 aromatic heterocycles. The van der Waals surface area contributed by atoms with Crippen molar-refractivity contribution in [3.05, 3.63) is 48.7 Å². The molecule has 28 heavy (non-hydrogen) atoms. The lowest BCUT2D eigenvalue weighted by molar-refractivity contribution is -0.0494. The number of nitrogen functional groups attached to an aromatic ring is 1. The van der Waals surface area contributed by atoms with Gasteiger partial charge in [-0.2, -0.15) is 13.9 Å². The zero-order valence-electron chi connectivity index (χ0n) is 14.5. The van der Waals surface area contributed by atoms with E-state index in [0.717, 1.165) is 0 Å². The number of aromatic nitrogens is 5. The molecule has 0 spiro atoms. The molecule has 0 bridgehead atoms. The number of hydrogen-bond donors (Lipinski definition) is 1. The number of hydrogen-bond acceptors (Lipinski definition) is 6. The second-order valence-corrected chi connectivity index (χ2v) is 5.89. The van der Waals surface area contributed by atoms with Crippen molar-refractivity contribution in [1.82, 2.24) is 24.7 Å². The zero-order valence-corrected chi connectivity index (χ0v) is 14.5. The Balaban J connectivity index is 1.94. The molecular weight excluding hydrogens is 373 g/mol. The number of pyridine rings is 1. The number of benzene rings is 1. The summed E-state index contributed by atoms with van der Waals surface area (Å²) in [5.41, 5.74) is 7.74. The van der Waals surface area contributed by atoms with Gasteiger partial charge in [-0.1, -0.05) is 12.1 Å². The molecule has 1 aromatic carbocycles. The number of alkyl halides is 2. The van der Waals surface area contributed by atoms with Gasteiger partial charge < -0.3 is 10.5 Å². The Bertz CT molecular complexity index is 1180. The van der Waals surface area contributed by atoms with Crippen molar-refractivity contribution in [1.29, 1.82) is 0 Å². The van der Waals surface area contributed by atoms with Crippen LogP contribution >= 0.6 is 0 Å². The number of nitrogens with zero attached hydrogens (tertiary/aromatic N) is 5. The van der Waals surface area contributed by atoms with Crippen LogP contribution in [-0.4, -0.2) is 31.3 Å². The van der Waals surface area contributed by atoms with Crippen LogP contribution in [0.15, 0.2) is 42.9 Å². The van der Waals surface area contributed by atoms with Crippen LogP contribution in [0.3, 0.4) is 0 Å². The number of halogens is 3. The third-order valence-electron chi connectivity index (χ3n) is 4.03. The third kappa shape index (κ3) is 3.08. The summed E-state index contributed by atoms with van der Waals surface area (Å²) in [6.07, 6.45) is 2.91. The van der Waals surface area contributed by atoms with E-state index in [2.05, 4.69) is 24.8 Å². The molecule has 0 aliphatic rings. The maximum atomic E-state index is 14.3. The van der Waals surface area contributed by atoms with Crippen LogP contribution < -0.4 is 10.5 Å². The molecule has 0 atom stereocenters. The van der Waals surface area contributed by atoms with E-state index >= 15 is 0 Å². The monoisotopic (exact) mass is 386 g/mol. The Morgan fingerprint density at radius 3 is 2.64 bits per heavy atom. The van der Waals surface area contributed by atoms with Gasteiger partial charge in [-0.15, -0.1) is 0 Å². The predicted molar refractivity (Wildman–Crippen MR) is 96.0 cm³/mol. The summed E-state index contributed by atoms with van der Waals surface area (Å²) in [6, 6.07) is 7.46. The summed E-state index contributed by atoms with van der Waals surface area (Å²) in [6.45, 7) is -3.05. The molecule has 4 rings (SSSR count). The van der Waals surface area contributed by atoms with Gasteiger partial charge in [0.2, 0.25) is 0 Å². The molecule has 142 valence electrons. The van der Waals surface area contributed by atoms with E-state index < -0.39 is 12.4 Å². The zero-order chi connectivity index (χ0) is 19.8. The lowest BCUT2D eigenvalue weighted by Gasteiger charge is -2.10. The first-order chi connectivity index (χ1) is 13.4. The molecule has 0 saturated carbocycles. The van der Waals surface area contributed by atoms with Crippen LogP contribution in [0.5, 0.6) is 5.75 Å². The summed E-state index contributed by atoms with van der Waals surface area (Å²) in [4.78, 5) is 12.4. The van der Waals surface area contributed by atoms with Crippen LogP contribution in [-0.2, 0) is 7.05 Å². The van der Waals surface area contributed by atoms with E-state index in [-0.39, 0.29) is 28.2 Å². The van der Waals surface area contributed by atoms with E-state index in [1.54, 1.807) is 31.4 Å². The molecule has 0 fully saturated rings. The number of ether oxygens (including phenoxy) is 1. The third-order valence-corrected chi connectivity index (χ3v) is 4.03. The molecule has 0 saturated heterocycles. The summed E-state index contributed by atoms with van der Waals surface area (Å²) >= 11 is 0. The van der Waals surface area contributed by atoms with Gasteiger partial charge in [0, 0.05) is 30.4 Å². The van der Waals surface area contributed by atoms with E-state index in [4.69, 9.17) is 5.73 Å². The minimum atomic E-state index is -3.05. The lowest BCUT2D eigenvalue weighted by atomic mass is 10.0. The van der Waals surface area contributed by atoms with E-state index in [1.165, 1.54) is 23.1 Å². The predicted octanol–water partition coefficient (Wildman–Crippen LogP) is 3.42. The fraction of sp³-hybridized carbons (Fsp3) is 0.111. The lowest BCUT2D eigenvalue weighted by Crippen LogP contribution is -2.06. The van der Waals surface area contributed by atoms with Gasteiger partial charge in [0.15, 0.2) is 11.6 Å². The molecule has 2 N–H and O–H groups in total. The molecule has 4 aromatic rings. The highest BCUT2D eigenvalue weighted by Gasteiger charge is 2.20. The van der Waals surface area contributed by atoms with Crippen LogP contribution in [0, 0.1) is 5.82 Å². The molecule has 0 unspecified atom stereocenters. The van der Waals surface area contributed by atoms with Gasteiger partial charge in [-0.25, -0.2) is 19.3 Å². The number of fused-ring (bicyclic) bond motifs is 1. The van der Waals surface area contributed by atoms with Crippen LogP contribution in [0.4, 0.5) is 19.0 Å². The van der Waals surface area contributed by atoms with Gasteiger partial charge in [0.05, 0.1) is 5.52 Å². The fourth-order valence-electron chi connectivity index (χ4n) is 2.88. The minimum absolute atomic E-state index is 0.236. The number of aryl methyl sites for hydroxylation is 1. The normalized spacial score (nSPS) is 11.3. The maximum absolute atomic E-state index is 14.3. The molecule has 0 aliphatic carbocycles. The molecular formula is C18H13F3N6O. The van der Waals surface area contributed by atoms with Gasteiger partial charge in [0.1, 0.15) is 29.0 Å². The summed E-state index contributed by atoms with van der Waals surface area (Å²) in [5.74, 6) is -0.964. The second kappa shape index (κ2) is 6.80. The number of anilines is 1. The van der Waals surface area contributed by atoms with Crippen molar-refractivity contribution >= 4 is 16.9 Å². The van der Waals surface area contributed by atoms with E-state index in [1.807, 2.05) is 0 Å². The van der Waals surface area contributed by atoms with E-state index in [9.17, 15) is 13.2 Å². The number of rotatable bonds is 4. The van der Waals surface area contributed by atoms with Gasteiger partial charge in [-0.3, -0.25) is 4.68 Å². The molecule has 0 amide bonds. The Morgan fingerprint density at radius 2 is 1.89 bits per heavy atom. The van der Waals surface area contributed by atoms with E-state index in [0.29, 0.717) is 17.0 Å². The molecule has 3 heterocycles. The van der Waals surface area contributed by atoms with Gasteiger partial charge in [-0.05, 0) is 12.1 Å². The Labute approximate surface area is 156 Å². The summed E-state index contributed by atoms with van der Waals surface area (Å²) in [5, 5.41) is 4.34. The van der Waals surface area contributed by atoms with Gasteiger partial charge >= 0.3 is 6.61 Å². The maximum Gasteiger partial charge on any atom is 0.387 e. The van der Waals surface area contributed by atoms with Gasteiger partial charge in [0.25, 0.3) is 0 Å².